The molecule has 0 bridgehead atoms. The second-order valence-corrected chi connectivity index (χ2v) is 2.90. The zero-order chi connectivity index (χ0) is 8.39. The molecule has 0 spiro atoms. The number of halogens is 1. The Morgan fingerprint density at radius 3 is 2.92 bits per heavy atom. The van der Waals surface area contributed by atoms with Crippen molar-refractivity contribution >= 4 is 11.6 Å². The van der Waals surface area contributed by atoms with Gasteiger partial charge in [-0.25, -0.2) is 0 Å². The van der Waals surface area contributed by atoms with Crippen LogP contribution in [0, 0.1) is 6.07 Å². The molecule has 2 rings (SSSR count). The number of rotatable bonds is 1. The molecule has 0 aliphatic carbocycles. The molecule has 1 heterocycles. The average molecular weight is 177 g/mol. The van der Waals surface area contributed by atoms with Gasteiger partial charge >= 0.3 is 0 Å². The lowest BCUT2D eigenvalue weighted by atomic mass is 10.2. The third-order valence-electron chi connectivity index (χ3n) is 1.70. The van der Waals surface area contributed by atoms with Gasteiger partial charge in [-0.3, -0.25) is 0 Å². The number of hydrogen-bond donors (Lipinski definition) is 1. The molecule has 1 aromatic carbocycles. The molecule has 1 nitrogen and oxygen atoms in total. The summed E-state index contributed by atoms with van der Waals surface area (Å²) in [7, 11) is 0. The number of aromatic nitrogens is 1. The SMILES string of the molecule is Clc1c[c]ccc1-c1ccc[nH]1. The van der Waals surface area contributed by atoms with Gasteiger partial charge in [-0.05, 0) is 24.3 Å². The second kappa shape index (κ2) is 3.03. The molecule has 0 aliphatic rings. The van der Waals surface area contributed by atoms with E-state index in [9.17, 15) is 0 Å². The fourth-order valence-corrected chi connectivity index (χ4v) is 1.35. The van der Waals surface area contributed by atoms with Crippen LogP contribution in [-0.2, 0) is 0 Å². The number of H-pyrrole nitrogens is 1. The first kappa shape index (κ1) is 7.44. The summed E-state index contributed by atoms with van der Waals surface area (Å²) in [6, 6.07) is 12.4. The molecule has 0 aliphatic heterocycles. The standard InChI is InChI=1S/C10H7ClN/c11-9-5-2-1-4-8(9)10-6-3-7-12-10/h1,3-7,12H. The molecule has 59 valence electrons. The van der Waals surface area contributed by atoms with Gasteiger partial charge in [0.15, 0.2) is 0 Å². The Labute approximate surface area is 76.0 Å². The topological polar surface area (TPSA) is 15.8 Å². The van der Waals surface area contributed by atoms with E-state index in [1.807, 2.05) is 30.5 Å². The molecule has 0 amide bonds. The molecule has 0 atom stereocenters. The van der Waals surface area contributed by atoms with Crippen molar-refractivity contribution < 1.29 is 0 Å². The summed E-state index contributed by atoms with van der Waals surface area (Å²) in [5.74, 6) is 0. The van der Waals surface area contributed by atoms with Crippen LogP contribution in [0.4, 0.5) is 0 Å². The van der Waals surface area contributed by atoms with Crippen molar-refractivity contribution in [3.05, 3.63) is 47.6 Å². The Kier molecular flexibility index (Phi) is 1.88. The zero-order valence-corrected chi connectivity index (χ0v) is 7.10. The fourth-order valence-electron chi connectivity index (χ4n) is 1.13. The maximum absolute atomic E-state index is 5.96. The summed E-state index contributed by atoms with van der Waals surface area (Å²) in [4.78, 5) is 3.10. The lowest BCUT2D eigenvalue weighted by molar-refractivity contribution is 1.40. The van der Waals surface area contributed by atoms with Gasteiger partial charge in [0.25, 0.3) is 0 Å². The van der Waals surface area contributed by atoms with Crippen LogP contribution in [0.3, 0.4) is 0 Å². The highest BCUT2D eigenvalue weighted by Crippen LogP contribution is 2.25. The highest BCUT2D eigenvalue weighted by molar-refractivity contribution is 6.33. The lowest BCUT2D eigenvalue weighted by Gasteiger charge is -1.99. The maximum Gasteiger partial charge on any atom is 0.0505 e. The van der Waals surface area contributed by atoms with Crippen molar-refractivity contribution in [2.45, 2.75) is 0 Å². The average Bonchev–Trinajstić information content (AvgIpc) is 2.57. The lowest BCUT2D eigenvalue weighted by Crippen LogP contribution is -1.77. The summed E-state index contributed by atoms with van der Waals surface area (Å²) in [5, 5.41) is 0.722. The summed E-state index contributed by atoms with van der Waals surface area (Å²) in [6.07, 6.45) is 1.88. The second-order valence-electron chi connectivity index (χ2n) is 2.49. The van der Waals surface area contributed by atoms with Crippen LogP contribution in [0.2, 0.25) is 5.02 Å². The quantitative estimate of drug-likeness (QED) is 0.687. The fraction of sp³-hybridized carbons (Fsp3) is 0. The molecule has 1 aromatic heterocycles. The van der Waals surface area contributed by atoms with E-state index in [1.54, 1.807) is 6.07 Å². The van der Waals surface area contributed by atoms with Crippen molar-refractivity contribution in [2.24, 2.45) is 0 Å². The monoisotopic (exact) mass is 176 g/mol. The Balaban J connectivity index is 2.55. The molecule has 0 unspecified atom stereocenters. The van der Waals surface area contributed by atoms with Crippen molar-refractivity contribution in [1.29, 1.82) is 0 Å². The highest BCUT2D eigenvalue weighted by Gasteiger charge is 2.00. The minimum atomic E-state index is 0.722. The predicted molar refractivity (Wildman–Crippen MR) is 50.1 cm³/mol. The van der Waals surface area contributed by atoms with E-state index in [2.05, 4.69) is 11.1 Å². The minimum absolute atomic E-state index is 0.722. The smallest absolute Gasteiger partial charge is 0.0505 e. The minimum Gasteiger partial charge on any atom is -0.361 e. The highest BCUT2D eigenvalue weighted by atomic mass is 35.5. The first-order chi connectivity index (χ1) is 5.88. The van der Waals surface area contributed by atoms with Crippen LogP contribution in [0.1, 0.15) is 0 Å². The van der Waals surface area contributed by atoms with Crippen molar-refractivity contribution in [2.75, 3.05) is 0 Å². The molecular weight excluding hydrogens is 170 g/mol. The van der Waals surface area contributed by atoms with E-state index < -0.39 is 0 Å². The van der Waals surface area contributed by atoms with Crippen LogP contribution < -0.4 is 0 Å². The molecule has 1 radical (unpaired) electrons. The van der Waals surface area contributed by atoms with Gasteiger partial charge < -0.3 is 4.98 Å². The maximum atomic E-state index is 5.96. The Hall–Kier alpha value is -1.21. The van der Waals surface area contributed by atoms with Gasteiger partial charge in [0.05, 0.1) is 5.02 Å². The van der Waals surface area contributed by atoms with Crippen LogP contribution >= 0.6 is 11.6 Å². The number of benzene rings is 1. The van der Waals surface area contributed by atoms with Gasteiger partial charge in [0.1, 0.15) is 0 Å². The third kappa shape index (κ3) is 1.23. The Morgan fingerprint density at radius 2 is 2.25 bits per heavy atom. The van der Waals surface area contributed by atoms with Crippen molar-refractivity contribution in [1.82, 2.24) is 4.98 Å². The largest absolute Gasteiger partial charge is 0.361 e. The van der Waals surface area contributed by atoms with Gasteiger partial charge in [0, 0.05) is 17.5 Å². The van der Waals surface area contributed by atoms with Crippen molar-refractivity contribution in [3.63, 3.8) is 0 Å². The van der Waals surface area contributed by atoms with E-state index in [4.69, 9.17) is 11.6 Å². The van der Waals surface area contributed by atoms with Crippen LogP contribution in [-0.4, -0.2) is 4.98 Å². The van der Waals surface area contributed by atoms with Gasteiger partial charge in [-0.2, -0.15) is 0 Å². The predicted octanol–water partition coefficient (Wildman–Crippen LogP) is 3.14. The van der Waals surface area contributed by atoms with Gasteiger partial charge in [-0.15, -0.1) is 0 Å². The van der Waals surface area contributed by atoms with E-state index >= 15 is 0 Å². The number of aromatic amines is 1. The summed E-state index contributed by atoms with van der Waals surface area (Å²) < 4.78 is 0. The summed E-state index contributed by atoms with van der Waals surface area (Å²) >= 11 is 5.96. The van der Waals surface area contributed by atoms with Crippen LogP contribution in [0.15, 0.2) is 36.5 Å². The molecule has 1 N–H and O–H groups in total. The van der Waals surface area contributed by atoms with E-state index in [0.717, 1.165) is 16.3 Å². The summed E-state index contributed by atoms with van der Waals surface area (Å²) in [6.45, 7) is 0. The van der Waals surface area contributed by atoms with Crippen LogP contribution in [0.25, 0.3) is 11.3 Å². The number of nitrogens with one attached hydrogen (secondary N) is 1. The number of hydrogen-bond acceptors (Lipinski definition) is 0. The van der Waals surface area contributed by atoms with E-state index in [0.29, 0.717) is 0 Å². The van der Waals surface area contributed by atoms with Gasteiger partial charge in [-0.1, -0.05) is 23.7 Å². The first-order valence-corrected chi connectivity index (χ1v) is 4.05. The molecule has 0 saturated carbocycles. The Morgan fingerprint density at radius 1 is 1.33 bits per heavy atom. The molecular formula is C10H7ClN. The van der Waals surface area contributed by atoms with Gasteiger partial charge in [0.2, 0.25) is 0 Å². The third-order valence-corrected chi connectivity index (χ3v) is 2.01. The normalized spacial score (nSPS) is 10.1. The molecule has 0 fully saturated rings. The molecule has 0 saturated heterocycles. The first-order valence-electron chi connectivity index (χ1n) is 3.67. The molecule has 2 aromatic rings. The molecule has 2 heteroatoms. The van der Waals surface area contributed by atoms with Crippen LogP contribution in [0.5, 0.6) is 0 Å². The van der Waals surface area contributed by atoms with E-state index in [-0.39, 0.29) is 0 Å². The zero-order valence-electron chi connectivity index (χ0n) is 6.34. The van der Waals surface area contributed by atoms with E-state index in [1.165, 1.54) is 0 Å². The summed E-state index contributed by atoms with van der Waals surface area (Å²) in [5.41, 5.74) is 2.05. The Bertz CT molecular complexity index is 365. The molecule has 12 heavy (non-hydrogen) atoms. The van der Waals surface area contributed by atoms with Crippen molar-refractivity contribution in [3.8, 4) is 11.3 Å².